The molecule has 1 fully saturated rings. The lowest BCUT2D eigenvalue weighted by molar-refractivity contribution is -0.118. The van der Waals surface area contributed by atoms with Crippen LogP contribution in [0.15, 0.2) is 36.8 Å². The second kappa shape index (κ2) is 7.96. The van der Waals surface area contributed by atoms with Crippen LogP contribution in [-0.4, -0.2) is 40.4 Å². The topological polar surface area (TPSA) is 73.9 Å². The highest BCUT2D eigenvalue weighted by Gasteiger charge is 2.24. The number of aromatic amines is 1. The van der Waals surface area contributed by atoms with Crippen LogP contribution in [0.2, 0.25) is 0 Å². The van der Waals surface area contributed by atoms with Gasteiger partial charge in [0.25, 0.3) is 0 Å². The normalized spacial score (nSPS) is 17.1. The molecule has 4 rings (SSSR count). The Balaban J connectivity index is 1.35. The number of rotatable bonds is 6. The predicted octanol–water partition coefficient (Wildman–Crippen LogP) is 3.69. The fraction of sp³-hybridized carbons (Fsp3) is 0.381. The summed E-state index contributed by atoms with van der Waals surface area (Å²) in [7, 11) is 0. The number of H-pyrrole nitrogens is 1. The van der Waals surface area contributed by atoms with Gasteiger partial charge in [-0.15, -0.1) is 0 Å². The first-order valence-electron chi connectivity index (χ1n) is 9.65. The quantitative estimate of drug-likeness (QED) is 0.681. The molecule has 2 aromatic heterocycles. The molecule has 1 aliphatic rings. The van der Waals surface area contributed by atoms with Crippen LogP contribution in [0.5, 0.6) is 0 Å². The summed E-state index contributed by atoms with van der Waals surface area (Å²) in [5.74, 6) is 1.10. The van der Waals surface area contributed by atoms with Gasteiger partial charge in [-0.1, -0.05) is 6.07 Å². The summed E-state index contributed by atoms with van der Waals surface area (Å²) in [5.41, 5.74) is 2.07. The molecule has 0 saturated carbocycles. The van der Waals surface area contributed by atoms with Gasteiger partial charge in [0, 0.05) is 31.4 Å². The number of fused-ring (bicyclic) bond motifs is 1. The van der Waals surface area contributed by atoms with E-state index in [-0.39, 0.29) is 18.1 Å². The van der Waals surface area contributed by atoms with E-state index in [1.807, 2.05) is 12.3 Å². The Labute approximate surface area is 163 Å². The van der Waals surface area contributed by atoms with Crippen molar-refractivity contribution < 1.29 is 9.18 Å². The molecule has 0 bridgehead atoms. The molecule has 28 heavy (non-hydrogen) atoms. The van der Waals surface area contributed by atoms with Crippen molar-refractivity contribution in [3.8, 4) is 0 Å². The van der Waals surface area contributed by atoms with Crippen LogP contribution in [0.1, 0.15) is 24.8 Å². The average Bonchev–Trinajstić information content (AvgIpc) is 3.18. The molecule has 7 heteroatoms. The lowest BCUT2D eigenvalue weighted by Gasteiger charge is -2.33. The number of carbonyl (C=O) groups excluding carboxylic acids is 1. The number of nitrogens with one attached hydrogen (secondary N) is 2. The van der Waals surface area contributed by atoms with Gasteiger partial charge in [-0.25, -0.2) is 14.4 Å². The summed E-state index contributed by atoms with van der Waals surface area (Å²) in [5, 5.41) is 4.05. The van der Waals surface area contributed by atoms with Crippen LogP contribution in [-0.2, 0) is 4.79 Å². The highest BCUT2D eigenvalue weighted by atomic mass is 19.1. The number of benzene rings is 1. The number of hydrogen-bond acceptors (Lipinski definition) is 5. The van der Waals surface area contributed by atoms with Crippen molar-refractivity contribution in [3.05, 3.63) is 48.2 Å². The van der Waals surface area contributed by atoms with E-state index in [4.69, 9.17) is 0 Å². The van der Waals surface area contributed by atoms with Crippen LogP contribution >= 0.6 is 0 Å². The number of ketones is 1. The van der Waals surface area contributed by atoms with Crippen molar-refractivity contribution in [1.82, 2.24) is 15.0 Å². The SMILES string of the molecule is Cc1ccc(NCC(=O)C[C@@H]2CCCN(c3ncnc4[nH]ccc34)C2)cc1F. The maximum absolute atomic E-state index is 13.6. The van der Waals surface area contributed by atoms with Crippen LogP contribution in [0, 0.1) is 18.7 Å². The van der Waals surface area contributed by atoms with E-state index in [1.165, 1.54) is 6.07 Å². The molecule has 6 nitrogen and oxygen atoms in total. The number of aromatic nitrogens is 3. The Morgan fingerprint density at radius 3 is 3.11 bits per heavy atom. The zero-order chi connectivity index (χ0) is 19.5. The zero-order valence-corrected chi connectivity index (χ0v) is 15.9. The van der Waals surface area contributed by atoms with Gasteiger partial charge >= 0.3 is 0 Å². The number of carbonyl (C=O) groups is 1. The van der Waals surface area contributed by atoms with Crippen LogP contribution < -0.4 is 10.2 Å². The smallest absolute Gasteiger partial charge is 0.152 e. The number of halogens is 1. The molecule has 3 heterocycles. The van der Waals surface area contributed by atoms with E-state index in [9.17, 15) is 9.18 Å². The monoisotopic (exact) mass is 381 g/mol. The minimum atomic E-state index is -0.263. The Morgan fingerprint density at radius 2 is 2.25 bits per heavy atom. The van der Waals surface area contributed by atoms with E-state index in [0.717, 1.165) is 42.8 Å². The van der Waals surface area contributed by atoms with Gasteiger partial charge in [-0.3, -0.25) is 4.79 Å². The van der Waals surface area contributed by atoms with Gasteiger partial charge in [-0.05, 0) is 49.4 Å². The zero-order valence-electron chi connectivity index (χ0n) is 15.9. The second-order valence-corrected chi connectivity index (χ2v) is 7.45. The van der Waals surface area contributed by atoms with Crippen molar-refractivity contribution in [3.63, 3.8) is 0 Å². The maximum atomic E-state index is 13.6. The molecule has 0 radical (unpaired) electrons. The molecule has 1 aliphatic heterocycles. The number of hydrogen-bond donors (Lipinski definition) is 2. The molecule has 0 unspecified atom stereocenters. The first kappa shape index (κ1) is 18.4. The number of nitrogens with zero attached hydrogens (tertiary/aromatic N) is 3. The lowest BCUT2D eigenvalue weighted by Crippen LogP contribution is -2.37. The van der Waals surface area contributed by atoms with Crippen molar-refractivity contribution in [2.24, 2.45) is 5.92 Å². The maximum Gasteiger partial charge on any atom is 0.152 e. The molecule has 0 amide bonds. The summed E-state index contributed by atoms with van der Waals surface area (Å²) in [6.07, 6.45) is 6.02. The average molecular weight is 381 g/mol. The molecule has 146 valence electrons. The number of piperidine rings is 1. The molecule has 3 aromatic rings. The summed E-state index contributed by atoms with van der Waals surface area (Å²) in [6, 6.07) is 6.93. The minimum absolute atomic E-state index is 0.141. The largest absolute Gasteiger partial charge is 0.378 e. The molecule has 2 N–H and O–H groups in total. The number of aryl methyl sites for hydroxylation is 1. The van der Waals surface area contributed by atoms with Gasteiger partial charge in [0.1, 0.15) is 23.6 Å². The Morgan fingerprint density at radius 1 is 1.36 bits per heavy atom. The third-order valence-corrected chi connectivity index (χ3v) is 5.33. The summed E-state index contributed by atoms with van der Waals surface area (Å²) < 4.78 is 13.6. The van der Waals surface area contributed by atoms with Crippen LogP contribution in [0.3, 0.4) is 0 Å². The number of anilines is 2. The number of Topliss-reactive ketones (excluding diaryl/α,β-unsaturated/α-hetero) is 1. The van der Waals surface area contributed by atoms with E-state index >= 15 is 0 Å². The van der Waals surface area contributed by atoms with E-state index < -0.39 is 0 Å². The Hall–Kier alpha value is -2.96. The summed E-state index contributed by atoms with van der Waals surface area (Å²) in [4.78, 5) is 26.5. The first-order chi connectivity index (χ1) is 13.6. The molecule has 1 atom stereocenters. The predicted molar refractivity (Wildman–Crippen MR) is 108 cm³/mol. The van der Waals surface area contributed by atoms with Gasteiger partial charge in [0.15, 0.2) is 5.78 Å². The molecule has 0 aliphatic carbocycles. The fourth-order valence-electron chi connectivity index (χ4n) is 3.83. The highest BCUT2D eigenvalue weighted by molar-refractivity contribution is 5.87. The van der Waals surface area contributed by atoms with Crippen molar-refractivity contribution >= 4 is 28.3 Å². The highest BCUT2D eigenvalue weighted by Crippen LogP contribution is 2.28. The fourth-order valence-corrected chi connectivity index (χ4v) is 3.83. The van der Waals surface area contributed by atoms with Crippen LogP contribution in [0.25, 0.3) is 11.0 Å². The third-order valence-electron chi connectivity index (χ3n) is 5.33. The van der Waals surface area contributed by atoms with Gasteiger partial charge < -0.3 is 15.2 Å². The summed E-state index contributed by atoms with van der Waals surface area (Å²) in [6.45, 7) is 3.68. The second-order valence-electron chi connectivity index (χ2n) is 7.45. The molecule has 1 saturated heterocycles. The molecular weight excluding hydrogens is 357 g/mol. The van der Waals surface area contributed by atoms with Crippen molar-refractivity contribution in [2.75, 3.05) is 29.9 Å². The van der Waals surface area contributed by atoms with E-state index in [0.29, 0.717) is 23.6 Å². The molecular formula is C21H24FN5O. The Bertz CT molecular complexity index is 986. The van der Waals surface area contributed by atoms with Gasteiger partial charge in [0.05, 0.1) is 11.9 Å². The van der Waals surface area contributed by atoms with E-state index in [2.05, 4.69) is 25.2 Å². The van der Waals surface area contributed by atoms with Gasteiger partial charge in [-0.2, -0.15) is 0 Å². The van der Waals surface area contributed by atoms with Crippen LogP contribution in [0.4, 0.5) is 15.9 Å². The molecule has 0 spiro atoms. The third kappa shape index (κ3) is 3.98. The minimum Gasteiger partial charge on any atom is -0.378 e. The lowest BCUT2D eigenvalue weighted by atomic mass is 9.92. The standard InChI is InChI=1S/C21H24FN5O/c1-14-4-5-16(10-19(14)22)24-11-17(28)9-15-3-2-8-27(12-15)21-18-6-7-23-20(18)25-13-26-21/h4-7,10,13,15,24H,2-3,8-9,11-12H2,1H3,(H,23,25,26)/t15-/m0/s1. The first-order valence-corrected chi connectivity index (χ1v) is 9.65. The molecule has 1 aromatic carbocycles. The Kier molecular flexibility index (Phi) is 5.23. The van der Waals surface area contributed by atoms with Crippen molar-refractivity contribution in [2.45, 2.75) is 26.2 Å². The summed E-state index contributed by atoms with van der Waals surface area (Å²) >= 11 is 0. The van der Waals surface area contributed by atoms with Crippen molar-refractivity contribution in [1.29, 1.82) is 0 Å². The van der Waals surface area contributed by atoms with Gasteiger partial charge in [0.2, 0.25) is 0 Å². The van der Waals surface area contributed by atoms with E-state index in [1.54, 1.807) is 25.4 Å².